The molecule has 2 atom stereocenters. The Morgan fingerprint density at radius 3 is 3.07 bits per heavy atom. The fraction of sp³-hybridized carbons (Fsp3) is 0.667. The first-order valence-corrected chi connectivity index (χ1v) is 6.37. The summed E-state index contributed by atoms with van der Waals surface area (Å²) < 4.78 is 0.796. The topological polar surface area (TPSA) is 59.1 Å². The van der Waals surface area contributed by atoms with Crippen molar-refractivity contribution in [2.24, 2.45) is 5.73 Å². The molecule has 1 saturated carbocycles. The molecule has 0 saturated heterocycles. The molecule has 1 heterocycles. The molecule has 3 N–H and O–H groups in total. The molecule has 0 radical (unpaired) electrons. The number of rotatable bonds is 1. The van der Waals surface area contributed by atoms with Crippen LogP contribution in [0.1, 0.15) is 30.7 Å². The van der Waals surface area contributed by atoms with Crippen molar-refractivity contribution in [2.45, 2.75) is 37.3 Å². The smallest absolute Gasteiger partial charge is 0.126 e. The van der Waals surface area contributed by atoms with Crippen LogP contribution in [0.2, 0.25) is 0 Å². The highest BCUT2D eigenvalue weighted by Crippen LogP contribution is 2.38. The summed E-state index contributed by atoms with van der Waals surface area (Å²) in [4.78, 5) is 4.27. The van der Waals surface area contributed by atoms with Gasteiger partial charge in [-0.3, -0.25) is 0 Å². The summed E-state index contributed by atoms with van der Waals surface area (Å²) in [5.74, 6) is 0. The Labute approximate surface area is 95.5 Å². The molecule has 3 nitrogen and oxygen atoms in total. The van der Waals surface area contributed by atoms with Crippen molar-refractivity contribution in [3.63, 3.8) is 0 Å². The van der Waals surface area contributed by atoms with E-state index in [1.54, 1.807) is 0 Å². The van der Waals surface area contributed by atoms with Gasteiger partial charge in [0.05, 0.1) is 0 Å². The highest BCUT2D eigenvalue weighted by Gasteiger charge is 2.37. The molecule has 1 aromatic rings. The van der Waals surface area contributed by atoms with Crippen molar-refractivity contribution in [1.82, 2.24) is 4.98 Å². The zero-order chi connectivity index (χ0) is 10.2. The van der Waals surface area contributed by atoms with Crippen LogP contribution >= 0.6 is 27.3 Å². The van der Waals surface area contributed by atoms with E-state index in [1.165, 1.54) is 11.3 Å². The lowest BCUT2D eigenvalue weighted by Crippen LogP contribution is -2.39. The van der Waals surface area contributed by atoms with E-state index in [9.17, 15) is 5.11 Å². The van der Waals surface area contributed by atoms with E-state index < -0.39 is 5.60 Å². The maximum absolute atomic E-state index is 10.4. The fourth-order valence-electron chi connectivity index (χ4n) is 1.96. The predicted octanol–water partition coefficient (Wildman–Crippen LogP) is 1.99. The van der Waals surface area contributed by atoms with Crippen LogP contribution in [0.4, 0.5) is 0 Å². The second kappa shape index (κ2) is 3.89. The first-order chi connectivity index (χ1) is 6.60. The van der Waals surface area contributed by atoms with Crippen molar-refractivity contribution in [1.29, 1.82) is 0 Å². The van der Waals surface area contributed by atoms with Gasteiger partial charge >= 0.3 is 0 Å². The summed E-state index contributed by atoms with van der Waals surface area (Å²) >= 11 is 4.79. The molecule has 0 aromatic carbocycles. The molecular formula is C9H13BrN2OS. The van der Waals surface area contributed by atoms with Crippen LogP contribution in [0.5, 0.6) is 0 Å². The molecule has 1 aliphatic carbocycles. The first kappa shape index (κ1) is 10.5. The lowest BCUT2D eigenvalue weighted by Gasteiger charge is -2.33. The number of aliphatic hydroxyl groups is 1. The molecule has 0 spiro atoms. The Kier molecular flexibility index (Phi) is 2.93. The minimum atomic E-state index is -0.783. The second-order valence-corrected chi connectivity index (χ2v) is 5.53. The third-order valence-corrected chi connectivity index (χ3v) is 4.38. The van der Waals surface area contributed by atoms with Gasteiger partial charge in [-0.2, -0.15) is 0 Å². The van der Waals surface area contributed by atoms with E-state index in [1.807, 2.05) is 5.38 Å². The maximum atomic E-state index is 10.4. The summed E-state index contributed by atoms with van der Waals surface area (Å²) in [6, 6.07) is 0.108. The average Bonchev–Trinajstić information content (AvgIpc) is 2.52. The number of nitrogens with zero attached hydrogens (tertiary/aromatic N) is 1. The van der Waals surface area contributed by atoms with Gasteiger partial charge in [-0.15, -0.1) is 11.3 Å². The SMILES string of the molecule is NC1CCCC(O)(c2nc(Br)cs2)C1. The molecular weight excluding hydrogens is 264 g/mol. The zero-order valence-electron chi connectivity index (χ0n) is 7.74. The number of aromatic nitrogens is 1. The average molecular weight is 277 g/mol. The highest BCUT2D eigenvalue weighted by molar-refractivity contribution is 9.10. The van der Waals surface area contributed by atoms with E-state index in [0.717, 1.165) is 28.9 Å². The molecule has 1 aliphatic rings. The van der Waals surface area contributed by atoms with Gasteiger partial charge in [0.2, 0.25) is 0 Å². The molecule has 0 aliphatic heterocycles. The minimum Gasteiger partial charge on any atom is -0.383 e. The van der Waals surface area contributed by atoms with E-state index in [-0.39, 0.29) is 6.04 Å². The second-order valence-electron chi connectivity index (χ2n) is 3.86. The normalized spacial score (nSPS) is 33.2. The van der Waals surface area contributed by atoms with Crippen molar-refractivity contribution in [3.8, 4) is 0 Å². The maximum Gasteiger partial charge on any atom is 0.126 e. The van der Waals surface area contributed by atoms with Crippen molar-refractivity contribution < 1.29 is 5.11 Å². The van der Waals surface area contributed by atoms with Gasteiger partial charge in [-0.25, -0.2) is 4.98 Å². The van der Waals surface area contributed by atoms with E-state index in [0.29, 0.717) is 6.42 Å². The molecule has 0 bridgehead atoms. The van der Waals surface area contributed by atoms with E-state index in [2.05, 4.69) is 20.9 Å². The summed E-state index contributed by atoms with van der Waals surface area (Å²) in [6.45, 7) is 0. The molecule has 2 rings (SSSR count). The highest BCUT2D eigenvalue weighted by atomic mass is 79.9. The Balaban J connectivity index is 2.22. The number of thiazole rings is 1. The van der Waals surface area contributed by atoms with Crippen LogP contribution in [0.15, 0.2) is 9.98 Å². The number of hydrogen-bond donors (Lipinski definition) is 2. The van der Waals surface area contributed by atoms with Crippen molar-refractivity contribution in [3.05, 3.63) is 15.0 Å². The van der Waals surface area contributed by atoms with Crippen LogP contribution < -0.4 is 5.73 Å². The fourth-order valence-corrected chi connectivity index (χ4v) is 3.35. The lowest BCUT2D eigenvalue weighted by molar-refractivity contribution is -0.00742. The van der Waals surface area contributed by atoms with Gasteiger partial charge in [-0.05, 0) is 41.6 Å². The Bertz CT molecular complexity index is 330. The third kappa shape index (κ3) is 2.00. The Morgan fingerprint density at radius 2 is 2.50 bits per heavy atom. The molecule has 78 valence electrons. The first-order valence-electron chi connectivity index (χ1n) is 4.70. The standard InChI is InChI=1S/C9H13BrN2OS/c10-7-5-14-8(12-7)9(13)3-1-2-6(11)4-9/h5-6,13H,1-4,11H2. The van der Waals surface area contributed by atoms with Gasteiger partial charge in [0, 0.05) is 11.4 Å². The molecule has 1 aromatic heterocycles. The summed E-state index contributed by atoms with van der Waals surface area (Å²) in [5, 5.41) is 13.1. The summed E-state index contributed by atoms with van der Waals surface area (Å²) in [5.41, 5.74) is 5.08. The molecule has 1 fully saturated rings. The summed E-state index contributed by atoms with van der Waals surface area (Å²) in [6.07, 6.45) is 3.40. The van der Waals surface area contributed by atoms with Gasteiger partial charge in [0.15, 0.2) is 0 Å². The van der Waals surface area contributed by atoms with Crippen LogP contribution in [0, 0.1) is 0 Å². The Morgan fingerprint density at radius 1 is 1.71 bits per heavy atom. The minimum absolute atomic E-state index is 0.108. The number of nitrogens with two attached hydrogens (primary N) is 1. The molecule has 14 heavy (non-hydrogen) atoms. The van der Waals surface area contributed by atoms with Gasteiger partial charge in [0.1, 0.15) is 15.2 Å². The van der Waals surface area contributed by atoms with Crippen molar-refractivity contribution in [2.75, 3.05) is 0 Å². The summed E-state index contributed by atoms with van der Waals surface area (Å²) in [7, 11) is 0. The van der Waals surface area contributed by atoms with Crippen LogP contribution in [-0.2, 0) is 5.60 Å². The van der Waals surface area contributed by atoms with Crippen LogP contribution in [0.3, 0.4) is 0 Å². The Hall–Kier alpha value is 0.0300. The van der Waals surface area contributed by atoms with Crippen LogP contribution in [-0.4, -0.2) is 16.1 Å². The predicted molar refractivity (Wildman–Crippen MR) is 60.2 cm³/mol. The van der Waals surface area contributed by atoms with Gasteiger partial charge in [-0.1, -0.05) is 0 Å². The quantitative estimate of drug-likeness (QED) is 0.825. The largest absolute Gasteiger partial charge is 0.383 e. The third-order valence-electron chi connectivity index (χ3n) is 2.64. The number of hydrogen-bond acceptors (Lipinski definition) is 4. The van der Waals surface area contributed by atoms with E-state index in [4.69, 9.17) is 5.73 Å². The van der Waals surface area contributed by atoms with Crippen LogP contribution in [0.25, 0.3) is 0 Å². The molecule has 2 unspecified atom stereocenters. The molecule has 0 amide bonds. The van der Waals surface area contributed by atoms with Crippen molar-refractivity contribution >= 4 is 27.3 Å². The lowest BCUT2D eigenvalue weighted by atomic mass is 9.82. The molecule has 5 heteroatoms. The zero-order valence-corrected chi connectivity index (χ0v) is 10.1. The monoisotopic (exact) mass is 276 g/mol. The van der Waals surface area contributed by atoms with E-state index >= 15 is 0 Å². The van der Waals surface area contributed by atoms with Gasteiger partial charge in [0.25, 0.3) is 0 Å². The number of halogens is 1. The van der Waals surface area contributed by atoms with Gasteiger partial charge < -0.3 is 10.8 Å².